The fourth-order valence-corrected chi connectivity index (χ4v) is 8.65. The quantitative estimate of drug-likeness (QED) is 0.301. The van der Waals surface area contributed by atoms with E-state index in [4.69, 9.17) is 4.43 Å². The zero-order valence-electron chi connectivity index (χ0n) is 19.2. The molecular formula is C24H35NO3SSi. The predicted octanol–water partition coefficient (Wildman–Crippen LogP) is 4.19. The molecule has 0 saturated carbocycles. The summed E-state index contributed by atoms with van der Waals surface area (Å²) in [6, 6.07) is 20.3. The second-order valence-corrected chi connectivity index (χ2v) is 15.6. The first-order valence-corrected chi connectivity index (χ1v) is 13.4. The highest BCUT2D eigenvalue weighted by Gasteiger charge is 2.52. The van der Waals surface area contributed by atoms with Crippen LogP contribution in [-0.4, -0.2) is 34.7 Å². The lowest BCUT2D eigenvalue weighted by Crippen LogP contribution is -2.68. The van der Waals surface area contributed by atoms with Crippen LogP contribution in [0.3, 0.4) is 0 Å². The second-order valence-electron chi connectivity index (χ2n) is 9.43. The highest BCUT2D eigenvalue weighted by atomic mass is 32.2. The molecule has 2 rings (SSSR count). The molecule has 0 radical (unpaired) electrons. The van der Waals surface area contributed by atoms with Crippen LogP contribution in [0.25, 0.3) is 0 Å². The lowest BCUT2D eigenvalue weighted by atomic mass is 10.2. The van der Waals surface area contributed by atoms with Crippen molar-refractivity contribution in [1.82, 2.24) is 0 Å². The van der Waals surface area contributed by atoms with E-state index >= 15 is 0 Å². The van der Waals surface area contributed by atoms with Gasteiger partial charge in [-0.1, -0.05) is 92.8 Å². The molecule has 0 fully saturated rings. The number of rotatable bonds is 7. The van der Waals surface area contributed by atoms with Crippen molar-refractivity contribution >= 4 is 35.8 Å². The van der Waals surface area contributed by atoms with Crippen molar-refractivity contribution in [1.29, 1.82) is 0 Å². The first kappa shape index (κ1) is 24.8. The van der Waals surface area contributed by atoms with Gasteiger partial charge in [-0.25, -0.2) is 0 Å². The van der Waals surface area contributed by atoms with Gasteiger partial charge in [0.25, 0.3) is 8.32 Å². The van der Waals surface area contributed by atoms with Gasteiger partial charge in [-0.3, -0.25) is 0 Å². The molecular weight excluding hydrogens is 410 g/mol. The van der Waals surface area contributed by atoms with Gasteiger partial charge in [-0.15, -0.1) is 0 Å². The maximum atomic E-state index is 12.6. The normalized spacial score (nSPS) is 15.7. The maximum absolute atomic E-state index is 12.6. The van der Waals surface area contributed by atoms with Crippen LogP contribution in [0.5, 0.6) is 0 Å². The molecule has 0 saturated heterocycles. The van der Waals surface area contributed by atoms with Crippen molar-refractivity contribution in [2.75, 3.05) is 0 Å². The van der Waals surface area contributed by atoms with Crippen LogP contribution in [0.15, 0.2) is 65.1 Å². The highest BCUT2D eigenvalue weighted by molar-refractivity contribution is 7.91. The molecule has 2 aromatic rings. The average molecular weight is 446 g/mol. The van der Waals surface area contributed by atoms with Crippen LogP contribution in [0, 0.1) is 0 Å². The van der Waals surface area contributed by atoms with Gasteiger partial charge in [0.05, 0.1) is 0 Å². The van der Waals surface area contributed by atoms with E-state index in [0.29, 0.717) is 12.1 Å². The number of benzene rings is 2. The Morgan fingerprint density at radius 1 is 0.967 bits per heavy atom. The molecule has 2 aromatic carbocycles. The summed E-state index contributed by atoms with van der Waals surface area (Å²) in [5, 5.41) is 13.1. The number of nitrogens with zero attached hydrogens (tertiary/aromatic N) is 1. The lowest BCUT2D eigenvalue weighted by Gasteiger charge is -2.44. The minimum atomic E-state index is -2.92. The third kappa shape index (κ3) is 5.42. The molecule has 0 heterocycles. The van der Waals surface area contributed by atoms with Crippen molar-refractivity contribution in [3.8, 4) is 0 Å². The minimum Gasteiger partial charge on any atom is -0.591 e. The monoisotopic (exact) mass is 445 g/mol. The SMILES string of the molecule is CCC(=N[S+]([O-])C(C)(C)C)C(O)O[Si](c1ccccc1)(c1ccccc1)C(C)(C)C. The molecule has 0 aliphatic rings. The van der Waals surface area contributed by atoms with Crippen LogP contribution in [0.1, 0.15) is 54.9 Å². The zero-order valence-corrected chi connectivity index (χ0v) is 21.0. The third-order valence-electron chi connectivity index (χ3n) is 5.08. The van der Waals surface area contributed by atoms with Crippen LogP contribution in [0.2, 0.25) is 5.04 Å². The third-order valence-corrected chi connectivity index (χ3v) is 11.5. The Morgan fingerprint density at radius 3 is 1.73 bits per heavy atom. The molecule has 4 nitrogen and oxygen atoms in total. The Labute approximate surface area is 185 Å². The molecule has 1 N–H and O–H groups in total. The highest BCUT2D eigenvalue weighted by Crippen LogP contribution is 2.37. The summed E-state index contributed by atoms with van der Waals surface area (Å²) >= 11 is -1.46. The zero-order chi connectivity index (χ0) is 22.6. The lowest BCUT2D eigenvalue weighted by molar-refractivity contribution is 0.0319. The molecule has 0 bridgehead atoms. The van der Waals surface area contributed by atoms with Gasteiger partial charge in [0.1, 0.15) is 21.8 Å². The topological polar surface area (TPSA) is 64.9 Å². The van der Waals surface area contributed by atoms with Crippen LogP contribution in [0.4, 0.5) is 0 Å². The number of aliphatic hydroxyl groups excluding tert-OH is 1. The van der Waals surface area contributed by atoms with Gasteiger partial charge >= 0.3 is 0 Å². The number of hydrogen-bond acceptors (Lipinski definition) is 4. The summed E-state index contributed by atoms with van der Waals surface area (Å²) in [6.45, 7) is 14.0. The molecule has 30 heavy (non-hydrogen) atoms. The molecule has 2 atom stereocenters. The first-order valence-electron chi connectivity index (χ1n) is 10.4. The molecule has 0 spiro atoms. The smallest absolute Gasteiger partial charge is 0.264 e. The van der Waals surface area contributed by atoms with E-state index < -0.39 is 30.7 Å². The molecule has 6 heteroatoms. The van der Waals surface area contributed by atoms with E-state index in [2.05, 4.69) is 49.4 Å². The summed E-state index contributed by atoms with van der Waals surface area (Å²) < 4.78 is 23.1. The van der Waals surface area contributed by atoms with E-state index in [1.165, 1.54) is 0 Å². The Kier molecular flexibility index (Phi) is 8.10. The van der Waals surface area contributed by atoms with E-state index in [9.17, 15) is 9.66 Å². The molecule has 164 valence electrons. The maximum Gasteiger partial charge on any atom is 0.264 e. The van der Waals surface area contributed by atoms with Crippen molar-refractivity contribution in [3.05, 3.63) is 60.7 Å². The van der Waals surface area contributed by atoms with Crippen LogP contribution < -0.4 is 10.4 Å². The van der Waals surface area contributed by atoms with Gasteiger partial charge in [-0.2, -0.15) is 0 Å². The van der Waals surface area contributed by atoms with Crippen molar-refractivity contribution in [2.24, 2.45) is 4.40 Å². The summed E-state index contributed by atoms with van der Waals surface area (Å²) in [5.74, 6) is 0. The van der Waals surface area contributed by atoms with E-state index in [0.717, 1.165) is 10.4 Å². The Balaban J connectivity index is 2.62. The van der Waals surface area contributed by atoms with E-state index in [-0.39, 0.29) is 5.04 Å². The van der Waals surface area contributed by atoms with Crippen molar-refractivity contribution in [2.45, 2.75) is 71.0 Å². The Morgan fingerprint density at radius 2 is 1.40 bits per heavy atom. The standard InChI is InChI=1S/C24H35NO3SSi/c1-8-21(25-29(27)23(2,3)4)22(26)28-30(24(5,6)7,19-15-11-9-12-16-19)20-17-13-10-14-18-20/h9-18,22,26H,8H2,1-7H3. The Bertz CT molecular complexity index is 790. The van der Waals surface area contributed by atoms with E-state index in [1.54, 1.807) is 0 Å². The molecule has 2 unspecified atom stereocenters. The fraction of sp³-hybridized carbons (Fsp3) is 0.458. The molecule has 0 amide bonds. The molecule has 0 aliphatic carbocycles. The summed E-state index contributed by atoms with van der Waals surface area (Å²) in [6.07, 6.45) is -0.770. The van der Waals surface area contributed by atoms with Gasteiger partial charge < -0.3 is 14.1 Å². The minimum absolute atomic E-state index is 0.265. The van der Waals surface area contributed by atoms with E-state index in [1.807, 2.05) is 64.1 Å². The number of aliphatic hydroxyl groups is 1. The molecule has 0 aliphatic heterocycles. The fourth-order valence-electron chi connectivity index (χ4n) is 3.45. The van der Waals surface area contributed by atoms with Gasteiger partial charge in [0.2, 0.25) is 0 Å². The predicted molar refractivity (Wildman–Crippen MR) is 130 cm³/mol. The Hall–Kier alpha value is -1.44. The summed E-state index contributed by atoms with van der Waals surface area (Å²) in [4.78, 5) is 0. The van der Waals surface area contributed by atoms with Crippen LogP contribution in [-0.2, 0) is 15.8 Å². The summed E-state index contributed by atoms with van der Waals surface area (Å²) in [5.41, 5.74) is 0.413. The average Bonchev–Trinajstić information content (AvgIpc) is 2.69. The molecule has 0 aromatic heterocycles. The van der Waals surface area contributed by atoms with Crippen molar-refractivity contribution in [3.63, 3.8) is 0 Å². The first-order chi connectivity index (χ1) is 13.9. The van der Waals surface area contributed by atoms with Gasteiger partial charge in [-0.05, 0) is 42.6 Å². The second kappa shape index (κ2) is 9.79. The largest absolute Gasteiger partial charge is 0.591 e. The van der Waals surface area contributed by atoms with Crippen molar-refractivity contribution < 1.29 is 14.1 Å². The van der Waals surface area contributed by atoms with Gasteiger partial charge in [0.15, 0.2) is 6.29 Å². The summed E-state index contributed by atoms with van der Waals surface area (Å²) in [7, 11) is -2.92. The van der Waals surface area contributed by atoms with Crippen LogP contribution >= 0.6 is 0 Å². The number of hydrogen-bond donors (Lipinski definition) is 1. The van der Waals surface area contributed by atoms with Gasteiger partial charge in [0, 0.05) is 0 Å².